The van der Waals surface area contributed by atoms with Crippen LogP contribution in [-0.2, 0) is 6.42 Å². The molecule has 14 heavy (non-hydrogen) atoms. The van der Waals surface area contributed by atoms with Crippen LogP contribution in [0.1, 0.15) is 12.5 Å². The van der Waals surface area contributed by atoms with Crippen molar-refractivity contribution < 1.29 is 0 Å². The summed E-state index contributed by atoms with van der Waals surface area (Å²) < 4.78 is 0. The SMILES string of the molecule is CCc1ccc2cc(N)cc(N)c2c1. The van der Waals surface area contributed by atoms with Crippen molar-refractivity contribution in [2.24, 2.45) is 0 Å². The topological polar surface area (TPSA) is 52.0 Å². The maximum Gasteiger partial charge on any atom is 0.0414 e. The van der Waals surface area contributed by atoms with E-state index in [0.29, 0.717) is 0 Å². The van der Waals surface area contributed by atoms with Crippen LogP contribution in [0.5, 0.6) is 0 Å². The fourth-order valence-electron chi connectivity index (χ4n) is 1.68. The third kappa shape index (κ3) is 1.39. The summed E-state index contributed by atoms with van der Waals surface area (Å²) in [7, 11) is 0. The van der Waals surface area contributed by atoms with Crippen LogP contribution in [0.2, 0.25) is 0 Å². The van der Waals surface area contributed by atoms with Gasteiger partial charge in [-0.25, -0.2) is 0 Å². The number of hydrogen-bond acceptors (Lipinski definition) is 2. The fraction of sp³-hybridized carbons (Fsp3) is 0.167. The van der Waals surface area contributed by atoms with Crippen molar-refractivity contribution in [1.82, 2.24) is 0 Å². The van der Waals surface area contributed by atoms with Gasteiger partial charge in [-0.3, -0.25) is 0 Å². The summed E-state index contributed by atoms with van der Waals surface area (Å²) in [6.07, 6.45) is 1.03. The molecule has 0 amide bonds. The molecule has 2 aromatic rings. The van der Waals surface area contributed by atoms with Crippen molar-refractivity contribution in [2.75, 3.05) is 11.5 Å². The van der Waals surface area contributed by atoms with Crippen molar-refractivity contribution in [1.29, 1.82) is 0 Å². The summed E-state index contributed by atoms with van der Waals surface area (Å²) in [4.78, 5) is 0. The van der Waals surface area contributed by atoms with Crippen LogP contribution < -0.4 is 11.5 Å². The molecular weight excluding hydrogens is 172 g/mol. The summed E-state index contributed by atoms with van der Waals surface area (Å²) >= 11 is 0. The Labute approximate surface area is 83.5 Å². The molecule has 0 saturated carbocycles. The Morgan fingerprint density at radius 2 is 1.86 bits per heavy atom. The van der Waals surface area contributed by atoms with Crippen LogP contribution in [0.15, 0.2) is 30.3 Å². The van der Waals surface area contributed by atoms with Gasteiger partial charge in [-0.1, -0.05) is 19.1 Å². The van der Waals surface area contributed by atoms with Crippen LogP contribution in [0.4, 0.5) is 11.4 Å². The van der Waals surface area contributed by atoms with E-state index in [1.165, 1.54) is 5.56 Å². The molecule has 0 aliphatic carbocycles. The molecule has 0 radical (unpaired) electrons. The Bertz CT molecular complexity index is 475. The molecule has 2 aromatic carbocycles. The van der Waals surface area contributed by atoms with Crippen LogP contribution in [-0.4, -0.2) is 0 Å². The number of nitrogen functional groups attached to an aromatic ring is 2. The molecule has 0 atom stereocenters. The average molecular weight is 186 g/mol. The van der Waals surface area contributed by atoms with E-state index < -0.39 is 0 Å². The Morgan fingerprint density at radius 3 is 2.57 bits per heavy atom. The first-order valence-corrected chi connectivity index (χ1v) is 4.78. The maximum atomic E-state index is 5.90. The first-order chi connectivity index (χ1) is 6.70. The Balaban J connectivity index is 2.75. The highest BCUT2D eigenvalue weighted by molar-refractivity contribution is 5.95. The van der Waals surface area contributed by atoms with E-state index in [-0.39, 0.29) is 0 Å². The van der Waals surface area contributed by atoms with E-state index in [2.05, 4.69) is 25.1 Å². The highest BCUT2D eigenvalue weighted by atomic mass is 14.6. The predicted molar refractivity (Wildman–Crippen MR) is 62.2 cm³/mol. The Hall–Kier alpha value is -1.70. The normalized spacial score (nSPS) is 10.6. The van der Waals surface area contributed by atoms with E-state index in [4.69, 9.17) is 11.5 Å². The van der Waals surface area contributed by atoms with Gasteiger partial charge in [0, 0.05) is 16.8 Å². The molecule has 0 aliphatic heterocycles. The molecule has 0 fully saturated rings. The molecule has 0 bridgehead atoms. The minimum absolute atomic E-state index is 0.722. The van der Waals surface area contributed by atoms with Crippen LogP contribution in [0.3, 0.4) is 0 Å². The molecule has 0 heterocycles. The lowest BCUT2D eigenvalue weighted by atomic mass is 10.0. The van der Waals surface area contributed by atoms with Gasteiger partial charge >= 0.3 is 0 Å². The largest absolute Gasteiger partial charge is 0.399 e. The van der Waals surface area contributed by atoms with E-state index in [1.807, 2.05) is 12.1 Å². The van der Waals surface area contributed by atoms with Crippen LogP contribution in [0.25, 0.3) is 10.8 Å². The lowest BCUT2D eigenvalue weighted by Crippen LogP contribution is -1.92. The third-order valence-corrected chi connectivity index (χ3v) is 2.48. The summed E-state index contributed by atoms with van der Waals surface area (Å²) in [5.41, 5.74) is 14.4. The lowest BCUT2D eigenvalue weighted by Gasteiger charge is -2.05. The number of hydrogen-bond donors (Lipinski definition) is 2. The second-order valence-electron chi connectivity index (χ2n) is 3.52. The molecule has 72 valence electrons. The maximum absolute atomic E-state index is 5.90. The van der Waals surface area contributed by atoms with E-state index in [9.17, 15) is 0 Å². The molecule has 2 nitrogen and oxygen atoms in total. The molecule has 0 aliphatic rings. The number of nitrogens with two attached hydrogens (primary N) is 2. The molecule has 0 saturated heterocycles. The van der Waals surface area contributed by atoms with Crippen LogP contribution in [0, 0.1) is 0 Å². The predicted octanol–water partition coefficient (Wildman–Crippen LogP) is 2.57. The highest BCUT2D eigenvalue weighted by Gasteiger charge is 2.00. The van der Waals surface area contributed by atoms with Gasteiger partial charge in [0.25, 0.3) is 0 Å². The number of fused-ring (bicyclic) bond motifs is 1. The van der Waals surface area contributed by atoms with Gasteiger partial charge in [0.05, 0.1) is 0 Å². The van der Waals surface area contributed by atoms with Gasteiger partial charge in [-0.15, -0.1) is 0 Å². The first kappa shape index (κ1) is 8.88. The van der Waals surface area contributed by atoms with Gasteiger partial charge in [0.15, 0.2) is 0 Å². The van der Waals surface area contributed by atoms with Gasteiger partial charge in [0.1, 0.15) is 0 Å². The molecule has 0 spiro atoms. The second kappa shape index (κ2) is 3.22. The molecule has 0 aromatic heterocycles. The fourth-order valence-corrected chi connectivity index (χ4v) is 1.68. The van der Waals surface area contributed by atoms with E-state index in [1.54, 1.807) is 0 Å². The van der Waals surface area contributed by atoms with Crippen molar-refractivity contribution in [3.05, 3.63) is 35.9 Å². The van der Waals surface area contributed by atoms with Crippen molar-refractivity contribution >= 4 is 22.1 Å². The number of anilines is 2. The third-order valence-electron chi connectivity index (χ3n) is 2.48. The standard InChI is InChI=1S/C12H14N2/c1-2-8-3-4-9-6-10(13)7-12(14)11(9)5-8/h3-7H,2,13-14H2,1H3. The van der Waals surface area contributed by atoms with Gasteiger partial charge in [0.2, 0.25) is 0 Å². The zero-order valence-corrected chi connectivity index (χ0v) is 8.25. The Kier molecular flexibility index (Phi) is 2.04. The quantitative estimate of drug-likeness (QED) is 0.672. The van der Waals surface area contributed by atoms with Gasteiger partial charge in [-0.2, -0.15) is 0 Å². The molecule has 0 unspecified atom stereocenters. The second-order valence-corrected chi connectivity index (χ2v) is 3.52. The summed E-state index contributed by atoms with van der Waals surface area (Å²) in [6.45, 7) is 2.13. The smallest absolute Gasteiger partial charge is 0.0414 e. The minimum atomic E-state index is 0.722. The highest BCUT2D eigenvalue weighted by Crippen LogP contribution is 2.25. The lowest BCUT2D eigenvalue weighted by molar-refractivity contribution is 1.15. The first-order valence-electron chi connectivity index (χ1n) is 4.78. The zero-order valence-electron chi connectivity index (χ0n) is 8.25. The molecule has 2 heteroatoms. The number of benzene rings is 2. The van der Waals surface area contributed by atoms with Crippen molar-refractivity contribution in [3.63, 3.8) is 0 Å². The minimum Gasteiger partial charge on any atom is -0.399 e. The molecule has 4 N–H and O–H groups in total. The van der Waals surface area contributed by atoms with E-state index >= 15 is 0 Å². The molecular formula is C12H14N2. The summed E-state index contributed by atoms with van der Waals surface area (Å²) in [5.74, 6) is 0. The summed E-state index contributed by atoms with van der Waals surface area (Å²) in [5, 5.41) is 2.21. The van der Waals surface area contributed by atoms with Crippen LogP contribution >= 0.6 is 0 Å². The number of aryl methyl sites for hydroxylation is 1. The van der Waals surface area contributed by atoms with Gasteiger partial charge in [-0.05, 0) is 35.6 Å². The monoisotopic (exact) mass is 186 g/mol. The van der Waals surface area contributed by atoms with E-state index in [0.717, 1.165) is 28.6 Å². The molecule has 2 rings (SSSR count). The van der Waals surface area contributed by atoms with Crippen molar-refractivity contribution in [2.45, 2.75) is 13.3 Å². The van der Waals surface area contributed by atoms with Gasteiger partial charge < -0.3 is 11.5 Å². The summed E-state index contributed by atoms with van der Waals surface area (Å²) in [6, 6.07) is 10.1. The number of rotatable bonds is 1. The zero-order chi connectivity index (χ0) is 10.1. The van der Waals surface area contributed by atoms with Crippen molar-refractivity contribution in [3.8, 4) is 0 Å². The Morgan fingerprint density at radius 1 is 1.07 bits per heavy atom. The average Bonchev–Trinajstić information content (AvgIpc) is 2.17.